The summed E-state index contributed by atoms with van der Waals surface area (Å²) in [5, 5.41) is 0.0618. The topological polar surface area (TPSA) is 62.4 Å². The average molecular weight is 287 g/mol. The van der Waals surface area contributed by atoms with Crippen LogP contribution in [0, 0.1) is 6.92 Å². The molecule has 0 fully saturated rings. The number of carbonyl (C=O) groups excluding carboxylic acids is 1. The Morgan fingerprint density at radius 3 is 2.74 bits per heavy atom. The fourth-order valence-corrected chi connectivity index (χ4v) is 1.81. The Labute approximate surface area is 117 Å². The molecule has 0 atom stereocenters. The van der Waals surface area contributed by atoms with Gasteiger partial charge in [0.2, 0.25) is 5.43 Å². The van der Waals surface area contributed by atoms with Crippen molar-refractivity contribution in [3.63, 3.8) is 0 Å². The van der Waals surface area contributed by atoms with Crippen LogP contribution in [-0.4, -0.2) is 42.1 Å². The van der Waals surface area contributed by atoms with Crippen LogP contribution in [0.2, 0.25) is 5.02 Å². The van der Waals surface area contributed by atoms with Crippen molar-refractivity contribution in [2.24, 2.45) is 0 Å². The minimum atomic E-state index is -0.433. The molecule has 1 aromatic heterocycles. The summed E-state index contributed by atoms with van der Waals surface area (Å²) >= 11 is 5.86. The van der Waals surface area contributed by atoms with Gasteiger partial charge in [-0.05, 0) is 20.8 Å². The molecular weight excluding hydrogens is 268 g/mol. The molecule has 1 aromatic rings. The monoisotopic (exact) mass is 286 g/mol. The zero-order valence-corrected chi connectivity index (χ0v) is 12.2. The van der Waals surface area contributed by atoms with Crippen LogP contribution in [0.1, 0.15) is 29.9 Å². The summed E-state index contributed by atoms with van der Waals surface area (Å²) in [6.07, 6.45) is 1.41. The van der Waals surface area contributed by atoms with E-state index in [0.29, 0.717) is 32.0 Å². The SMILES string of the molecule is CCOCCN(CC)C(=O)c1c[nH]c(C)c(Cl)c1=O. The Kier molecular flexibility index (Phi) is 6.05. The van der Waals surface area contributed by atoms with Crippen molar-refractivity contribution < 1.29 is 9.53 Å². The lowest BCUT2D eigenvalue weighted by Crippen LogP contribution is -2.36. The summed E-state index contributed by atoms with van der Waals surface area (Å²) in [5.74, 6) is -0.328. The second-order valence-corrected chi connectivity index (χ2v) is 4.43. The van der Waals surface area contributed by atoms with Crippen molar-refractivity contribution in [2.45, 2.75) is 20.8 Å². The number of carbonyl (C=O) groups is 1. The van der Waals surface area contributed by atoms with Gasteiger partial charge in [0.05, 0.1) is 6.61 Å². The molecule has 0 aromatic carbocycles. The Morgan fingerprint density at radius 1 is 1.47 bits per heavy atom. The van der Waals surface area contributed by atoms with Gasteiger partial charge in [0.15, 0.2) is 0 Å². The summed E-state index contributed by atoms with van der Waals surface area (Å²) < 4.78 is 5.22. The van der Waals surface area contributed by atoms with Gasteiger partial charge in [-0.3, -0.25) is 9.59 Å². The second kappa shape index (κ2) is 7.31. The van der Waals surface area contributed by atoms with E-state index < -0.39 is 5.43 Å². The van der Waals surface area contributed by atoms with E-state index >= 15 is 0 Å². The van der Waals surface area contributed by atoms with Crippen molar-refractivity contribution >= 4 is 17.5 Å². The number of hydrogen-bond acceptors (Lipinski definition) is 3. The number of nitrogens with one attached hydrogen (secondary N) is 1. The number of pyridine rings is 1. The van der Waals surface area contributed by atoms with Crippen LogP contribution >= 0.6 is 11.6 Å². The molecule has 5 nitrogen and oxygen atoms in total. The van der Waals surface area contributed by atoms with Gasteiger partial charge < -0.3 is 14.6 Å². The first-order chi connectivity index (χ1) is 9.02. The summed E-state index contributed by atoms with van der Waals surface area (Å²) in [6, 6.07) is 0. The molecule has 1 amide bonds. The average Bonchev–Trinajstić information content (AvgIpc) is 2.41. The normalized spacial score (nSPS) is 10.5. The van der Waals surface area contributed by atoms with E-state index in [1.807, 2.05) is 13.8 Å². The number of aromatic nitrogens is 1. The van der Waals surface area contributed by atoms with E-state index in [1.54, 1.807) is 11.8 Å². The number of ether oxygens (including phenoxy) is 1. The number of amides is 1. The molecule has 1 N–H and O–H groups in total. The minimum absolute atomic E-state index is 0.0618. The highest BCUT2D eigenvalue weighted by molar-refractivity contribution is 6.31. The standard InChI is InChI=1S/C13H19ClN2O3/c1-4-16(6-7-19-5-2)13(18)10-8-15-9(3)11(14)12(10)17/h8H,4-7H2,1-3H3,(H,15,17). The van der Waals surface area contributed by atoms with E-state index in [4.69, 9.17) is 16.3 Å². The predicted molar refractivity (Wildman–Crippen MR) is 74.9 cm³/mol. The van der Waals surface area contributed by atoms with Gasteiger partial charge in [-0.1, -0.05) is 11.6 Å². The molecule has 19 heavy (non-hydrogen) atoms. The Balaban J connectivity index is 2.92. The first kappa shape index (κ1) is 15.7. The van der Waals surface area contributed by atoms with Crippen LogP contribution in [0.5, 0.6) is 0 Å². The molecule has 0 aliphatic rings. The maximum atomic E-state index is 12.2. The molecule has 106 valence electrons. The van der Waals surface area contributed by atoms with Crippen LogP contribution < -0.4 is 5.43 Å². The van der Waals surface area contributed by atoms with Gasteiger partial charge in [0, 0.05) is 31.6 Å². The zero-order chi connectivity index (χ0) is 14.4. The van der Waals surface area contributed by atoms with Crippen molar-refractivity contribution in [3.8, 4) is 0 Å². The fraction of sp³-hybridized carbons (Fsp3) is 0.538. The lowest BCUT2D eigenvalue weighted by Gasteiger charge is -2.20. The highest BCUT2D eigenvalue weighted by Crippen LogP contribution is 2.09. The summed E-state index contributed by atoms with van der Waals surface area (Å²) in [7, 11) is 0. The lowest BCUT2D eigenvalue weighted by molar-refractivity contribution is 0.0667. The quantitative estimate of drug-likeness (QED) is 0.812. The molecule has 0 spiro atoms. The van der Waals surface area contributed by atoms with E-state index in [1.165, 1.54) is 6.20 Å². The number of rotatable bonds is 6. The molecule has 0 saturated carbocycles. The van der Waals surface area contributed by atoms with Crippen LogP contribution in [0.3, 0.4) is 0 Å². The fourth-order valence-electron chi connectivity index (χ4n) is 1.65. The Hall–Kier alpha value is -1.33. The Bertz CT molecular complexity index is 499. The molecule has 6 heteroatoms. The summed E-state index contributed by atoms with van der Waals surface area (Å²) in [6.45, 7) is 7.45. The first-order valence-electron chi connectivity index (χ1n) is 6.27. The molecule has 1 heterocycles. The van der Waals surface area contributed by atoms with Crippen molar-refractivity contribution in [1.82, 2.24) is 9.88 Å². The van der Waals surface area contributed by atoms with E-state index in [9.17, 15) is 9.59 Å². The van der Waals surface area contributed by atoms with Gasteiger partial charge in [0.25, 0.3) is 5.91 Å². The number of H-pyrrole nitrogens is 1. The number of halogens is 1. The van der Waals surface area contributed by atoms with Gasteiger partial charge in [-0.15, -0.1) is 0 Å². The number of nitrogens with zero attached hydrogens (tertiary/aromatic N) is 1. The molecule has 1 rings (SSSR count). The van der Waals surface area contributed by atoms with Crippen LogP contribution in [0.15, 0.2) is 11.0 Å². The minimum Gasteiger partial charge on any atom is -0.380 e. The number of hydrogen-bond donors (Lipinski definition) is 1. The maximum absolute atomic E-state index is 12.2. The highest BCUT2D eigenvalue weighted by Gasteiger charge is 2.19. The lowest BCUT2D eigenvalue weighted by atomic mass is 10.2. The molecule has 0 unspecified atom stereocenters. The van der Waals surface area contributed by atoms with Crippen LogP contribution in [0.25, 0.3) is 0 Å². The first-order valence-corrected chi connectivity index (χ1v) is 6.65. The predicted octanol–water partition coefficient (Wildman–Crippen LogP) is 1.84. The maximum Gasteiger partial charge on any atom is 0.259 e. The number of likely N-dealkylation sites (N-methyl/N-ethyl adjacent to an activating group) is 1. The van der Waals surface area contributed by atoms with Crippen LogP contribution in [0.4, 0.5) is 0 Å². The van der Waals surface area contributed by atoms with E-state index in [2.05, 4.69) is 4.98 Å². The van der Waals surface area contributed by atoms with E-state index in [-0.39, 0.29) is 16.5 Å². The van der Waals surface area contributed by atoms with Crippen molar-refractivity contribution in [1.29, 1.82) is 0 Å². The van der Waals surface area contributed by atoms with Crippen molar-refractivity contribution in [3.05, 3.63) is 32.7 Å². The largest absolute Gasteiger partial charge is 0.380 e. The third kappa shape index (κ3) is 3.81. The van der Waals surface area contributed by atoms with Crippen LogP contribution in [-0.2, 0) is 4.74 Å². The van der Waals surface area contributed by atoms with E-state index in [0.717, 1.165) is 0 Å². The van der Waals surface area contributed by atoms with Gasteiger partial charge in [-0.25, -0.2) is 0 Å². The second-order valence-electron chi connectivity index (χ2n) is 4.05. The zero-order valence-electron chi connectivity index (χ0n) is 11.5. The molecule has 0 aliphatic carbocycles. The summed E-state index contributed by atoms with van der Waals surface area (Å²) in [5.41, 5.74) is 0.187. The molecule has 0 aliphatic heterocycles. The number of aromatic amines is 1. The molecule has 0 bridgehead atoms. The van der Waals surface area contributed by atoms with Gasteiger partial charge in [0.1, 0.15) is 10.6 Å². The number of aryl methyl sites for hydroxylation is 1. The third-order valence-electron chi connectivity index (χ3n) is 2.82. The highest BCUT2D eigenvalue weighted by atomic mass is 35.5. The van der Waals surface area contributed by atoms with Gasteiger partial charge in [-0.2, -0.15) is 0 Å². The smallest absolute Gasteiger partial charge is 0.259 e. The molecule has 0 saturated heterocycles. The van der Waals surface area contributed by atoms with Crippen molar-refractivity contribution in [2.75, 3.05) is 26.3 Å². The molecule has 0 radical (unpaired) electrons. The third-order valence-corrected chi connectivity index (χ3v) is 3.27. The van der Waals surface area contributed by atoms with Gasteiger partial charge >= 0.3 is 0 Å². The Morgan fingerprint density at radius 2 is 2.16 bits per heavy atom. The molecular formula is C13H19ClN2O3. The summed E-state index contributed by atoms with van der Waals surface area (Å²) in [4.78, 5) is 28.6.